The van der Waals surface area contributed by atoms with Crippen molar-refractivity contribution in [3.63, 3.8) is 0 Å². The molecule has 9 nitrogen and oxygen atoms in total. The predicted octanol–water partition coefficient (Wildman–Crippen LogP) is 1.83. The maximum absolute atomic E-state index is 14.5. The molecule has 1 saturated carbocycles. The lowest BCUT2D eigenvalue weighted by Gasteiger charge is -2.19. The molecular weight excluding hydrogens is 372 g/mol. The zero-order chi connectivity index (χ0) is 19.5. The van der Waals surface area contributed by atoms with E-state index in [1.165, 1.54) is 31.4 Å². The summed E-state index contributed by atoms with van der Waals surface area (Å²) in [6, 6.07) is 1.85. The Kier molecular flexibility index (Phi) is 3.46. The minimum atomic E-state index is -2.73. The zero-order valence-corrected chi connectivity index (χ0v) is 15.3. The lowest BCUT2D eigenvalue weighted by atomic mass is 10.0. The number of halogens is 2. The number of aromatic nitrogens is 6. The van der Waals surface area contributed by atoms with Crippen LogP contribution in [0, 0.1) is 5.41 Å². The van der Waals surface area contributed by atoms with Crippen molar-refractivity contribution in [1.82, 2.24) is 29.8 Å². The molecule has 0 radical (unpaired) electrons. The Labute approximate surface area is 158 Å². The number of hydrogen-bond donors (Lipinski definition) is 0. The number of alkyl halides is 2. The van der Waals surface area contributed by atoms with Crippen molar-refractivity contribution in [2.24, 2.45) is 5.41 Å². The molecule has 0 unspecified atom stereocenters. The topological polar surface area (TPSA) is 90.6 Å². The first-order chi connectivity index (χ1) is 13.5. The zero-order valence-electron chi connectivity index (χ0n) is 15.3. The van der Waals surface area contributed by atoms with Crippen molar-refractivity contribution < 1.29 is 18.3 Å². The van der Waals surface area contributed by atoms with Crippen molar-refractivity contribution in [1.29, 1.82) is 0 Å². The molecular formula is C17H17F2N7O2. The second-order valence-corrected chi connectivity index (χ2v) is 7.11. The van der Waals surface area contributed by atoms with Crippen LogP contribution in [0.5, 0.6) is 11.9 Å². The lowest BCUT2D eigenvalue weighted by Crippen LogP contribution is -2.28. The van der Waals surface area contributed by atoms with Gasteiger partial charge >= 0.3 is 6.01 Å². The average Bonchev–Trinajstić information content (AvgIpc) is 3.25. The maximum atomic E-state index is 14.5. The summed E-state index contributed by atoms with van der Waals surface area (Å²) in [6.07, 6.45) is 3.94. The van der Waals surface area contributed by atoms with E-state index in [1.54, 1.807) is 11.0 Å². The van der Waals surface area contributed by atoms with E-state index in [0.29, 0.717) is 35.4 Å². The predicted molar refractivity (Wildman–Crippen MR) is 93.7 cm³/mol. The highest BCUT2D eigenvalue weighted by Gasteiger charge is 2.67. The van der Waals surface area contributed by atoms with Crippen molar-refractivity contribution in [2.75, 3.05) is 32.2 Å². The van der Waals surface area contributed by atoms with Crippen molar-refractivity contribution in [3.8, 4) is 23.1 Å². The molecule has 1 aliphatic carbocycles. The maximum Gasteiger partial charge on any atom is 0.319 e. The Morgan fingerprint density at radius 2 is 1.93 bits per heavy atom. The first-order valence-corrected chi connectivity index (χ1v) is 8.76. The van der Waals surface area contributed by atoms with Gasteiger partial charge in [-0.05, 0) is 18.9 Å². The SMILES string of the molecule is COc1ncc(-c2cc(N3CC(F)(F)C4(CC4)C3)c3ncnn3n2)c(OC)n1. The summed E-state index contributed by atoms with van der Waals surface area (Å²) >= 11 is 0. The van der Waals surface area contributed by atoms with Crippen LogP contribution in [-0.2, 0) is 0 Å². The molecule has 2 fully saturated rings. The van der Waals surface area contributed by atoms with Crippen LogP contribution in [0.15, 0.2) is 18.6 Å². The molecule has 0 aromatic carbocycles. The fourth-order valence-corrected chi connectivity index (χ4v) is 3.74. The van der Waals surface area contributed by atoms with E-state index >= 15 is 0 Å². The summed E-state index contributed by atoms with van der Waals surface area (Å²) in [7, 11) is 2.92. The smallest absolute Gasteiger partial charge is 0.319 e. The van der Waals surface area contributed by atoms with Gasteiger partial charge in [-0.15, -0.1) is 14.8 Å². The molecule has 3 aromatic rings. The van der Waals surface area contributed by atoms with Gasteiger partial charge in [0.05, 0.1) is 37.4 Å². The Bertz CT molecular complexity index is 1060. The molecule has 28 heavy (non-hydrogen) atoms. The number of fused-ring (bicyclic) bond motifs is 1. The van der Waals surface area contributed by atoms with Crippen LogP contribution in [0.4, 0.5) is 14.5 Å². The molecule has 5 rings (SSSR count). The molecule has 0 bridgehead atoms. The molecule has 0 atom stereocenters. The van der Waals surface area contributed by atoms with Crippen LogP contribution in [0.1, 0.15) is 12.8 Å². The van der Waals surface area contributed by atoms with Gasteiger partial charge in [-0.3, -0.25) is 0 Å². The number of nitrogens with zero attached hydrogens (tertiary/aromatic N) is 7. The normalized spacial score (nSPS) is 19.4. The van der Waals surface area contributed by atoms with E-state index in [4.69, 9.17) is 9.47 Å². The highest BCUT2D eigenvalue weighted by atomic mass is 19.3. The third-order valence-electron chi connectivity index (χ3n) is 5.47. The molecule has 1 spiro atoms. The van der Waals surface area contributed by atoms with E-state index in [0.717, 1.165) is 0 Å². The van der Waals surface area contributed by atoms with E-state index in [1.807, 2.05) is 0 Å². The molecule has 3 aromatic heterocycles. The van der Waals surface area contributed by atoms with Crippen LogP contribution in [-0.4, -0.2) is 63.0 Å². The third kappa shape index (κ3) is 2.38. The van der Waals surface area contributed by atoms with Gasteiger partial charge in [-0.25, -0.2) is 18.7 Å². The van der Waals surface area contributed by atoms with E-state index in [9.17, 15) is 8.78 Å². The van der Waals surface area contributed by atoms with Crippen LogP contribution in [0.25, 0.3) is 16.9 Å². The van der Waals surface area contributed by atoms with E-state index in [2.05, 4.69) is 25.1 Å². The molecule has 4 heterocycles. The standard InChI is InChI=1S/C17H17F2N7O2/c1-27-14-10(6-20-15(23-14)28-2)11-5-12(13-21-9-22-26(13)24-11)25-7-16(3-4-16)17(18,19)8-25/h5-6,9H,3-4,7-8H2,1-2H3. The van der Waals surface area contributed by atoms with Gasteiger partial charge < -0.3 is 14.4 Å². The Balaban J connectivity index is 1.63. The molecule has 1 aliphatic heterocycles. The van der Waals surface area contributed by atoms with Gasteiger partial charge in [-0.2, -0.15) is 4.98 Å². The number of hydrogen-bond acceptors (Lipinski definition) is 8. The van der Waals surface area contributed by atoms with Crippen LogP contribution < -0.4 is 14.4 Å². The molecule has 0 N–H and O–H groups in total. The van der Waals surface area contributed by atoms with Gasteiger partial charge in [0.15, 0.2) is 5.65 Å². The summed E-state index contributed by atoms with van der Waals surface area (Å²) in [5, 5.41) is 8.51. The first-order valence-electron chi connectivity index (χ1n) is 8.76. The summed E-state index contributed by atoms with van der Waals surface area (Å²) in [5.74, 6) is -2.47. The summed E-state index contributed by atoms with van der Waals surface area (Å²) < 4.78 is 40.7. The fourth-order valence-electron chi connectivity index (χ4n) is 3.74. The quantitative estimate of drug-likeness (QED) is 0.668. The fraction of sp³-hybridized carbons (Fsp3) is 0.471. The molecule has 2 aliphatic rings. The van der Waals surface area contributed by atoms with Gasteiger partial charge in [0, 0.05) is 12.7 Å². The molecule has 0 amide bonds. The average molecular weight is 389 g/mol. The lowest BCUT2D eigenvalue weighted by molar-refractivity contribution is -0.0334. The number of rotatable bonds is 4. The Morgan fingerprint density at radius 3 is 2.61 bits per heavy atom. The van der Waals surface area contributed by atoms with Crippen molar-refractivity contribution in [2.45, 2.75) is 18.8 Å². The van der Waals surface area contributed by atoms with Crippen LogP contribution >= 0.6 is 0 Å². The highest BCUT2D eigenvalue weighted by Crippen LogP contribution is 2.61. The number of ether oxygens (including phenoxy) is 2. The largest absolute Gasteiger partial charge is 0.480 e. The first kappa shape index (κ1) is 17.0. The van der Waals surface area contributed by atoms with Gasteiger partial charge in [0.1, 0.15) is 12.0 Å². The highest BCUT2D eigenvalue weighted by molar-refractivity contribution is 5.76. The van der Waals surface area contributed by atoms with E-state index < -0.39 is 11.3 Å². The Morgan fingerprint density at radius 1 is 1.11 bits per heavy atom. The van der Waals surface area contributed by atoms with Gasteiger partial charge in [-0.1, -0.05) is 0 Å². The summed E-state index contributed by atoms with van der Waals surface area (Å²) in [5.41, 5.74) is 0.977. The number of methoxy groups -OCH3 is 2. The minimum Gasteiger partial charge on any atom is -0.480 e. The summed E-state index contributed by atoms with van der Waals surface area (Å²) in [4.78, 5) is 14.1. The minimum absolute atomic E-state index is 0.150. The second-order valence-electron chi connectivity index (χ2n) is 7.11. The summed E-state index contributed by atoms with van der Waals surface area (Å²) in [6.45, 7) is -0.0720. The van der Waals surface area contributed by atoms with Gasteiger partial charge in [0.25, 0.3) is 5.92 Å². The Hall–Kier alpha value is -3.11. The van der Waals surface area contributed by atoms with Gasteiger partial charge in [0.2, 0.25) is 5.88 Å². The molecule has 146 valence electrons. The van der Waals surface area contributed by atoms with Crippen LogP contribution in [0.3, 0.4) is 0 Å². The van der Waals surface area contributed by atoms with Crippen LogP contribution in [0.2, 0.25) is 0 Å². The molecule has 1 saturated heterocycles. The monoisotopic (exact) mass is 389 g/mol. The van der Waals surface area contributed by atoms with Crippen molar-refractivity contribution in [3.05, 3.63) is 18.6 Å². The third-order valence-corrected chi connectivity index (χ3v) is 5.47. The van der Waals surface area contributed by atoms with E-state index in [-0.39, 0.29) is 25.0 Å². The molecule has 11 heteroatoms. The second kappa shape index (κ2) is 5.69. The number of anilines is 1. The van der Waals surface area contributed by atoms with Crippen molar-refractivity contribution >= 4 is 11.3 Å².